The second kappa shape index (κ2) is 6.51. The molecule has 0 saturated carbocycles. The zero-order valence-corrected chi connectivity index (χ0v) is 13.1. The van der Waals surface area contributed by atoms with E-state index in [1.54, 1.807) is 19.1 Å². The second-order valence-corrected chi connectivity index (χ2v) is 5.43. The van der Waals surface area contributed by atoms with Crippen LogP contribution >= 0.6 is 0 Å². The molecule has 0 spiro atoms. The highest BCUT2D eigenvalue weighted by Crippen LogP contribution is 2.35. The summed E-state index contributed by atoms with van der Waals surface area (Å²) in [7, 11) is 0. The number of nitrogens with zero attached hydrogens (tertiary/aromatic N) is 2. The van der Waals surface area contributed by atoms with Gasteiger partial charge in [0.25, 0.3) is 0 Å². The minimum absolute atomic E-state index is 0.161. The fourth-order valence-corrected chi connectivity index (χ4v) is 2.35. The molecule has 0 aliphatic heterocycles. The third-order valence-electron chi connectivity index (χ3n) is 3.54. The molecule has 3 aromatic rings. The van der Waals surface area contributed by atoms with Crippen molar-refractivity contribution in [1.29, 1.82) is 0 Å². The summed E-state index contributed by atoms with van der Waals surface area (Å²) in [6.45, 7) is 1.68. The summed E-state index contributed by atoms with van der Waals surface area (Å²) in [5.74, 6) is -0.324. The van der Waals surface area contributed by atoms with Crippen LogP contribution in [0.1, 0.15) is 11.3 Å². The van der Waals surface area contributed by atoms with Crippen molar-refractivity contribution in [3.63, 3.8) is 0 Å². The molecule has 1 aromatic heterocycles. The minimum atomic E-state index is -4.45. The molecule has 7 heteroatoms. The number of aryl methyl sites for hydroxylation is 1. The monoisotopic (exact) mass is 347 g/mol. The van der Waals surface area contributed by atoms with Crippen LogP contribution in [0, 0.1) is 12.7 Å². The first-order valence-electron chi connectivity index (χ1n) is 7.38. The van der Waals surface area contributed by atoms with Crippen LogP contribution in [0.2, 0.25) is 0 Å². The van der Waals surface area contributed by atoms with Gasteiger partial charge in [0.1, 0.15) is 5.82 Å². The summed E-state index contributed by atoms with van der Waals surface area (Å²) < 4.78 is 52.8. The third kappa shape index (κ3) is 3.76. The van der Waals surface area contributed by atoms with Crippen molar-refractivity contribution in [2.75, 3.05) is 5.32 Å². The van der Waals surface area contributed by atoms with Gasteiger partial charge >= 0.3 is 6.18 Å². The number of hydrogen-bond acceptors (Lipinski definition) is 3. The quantitative estimate of drug-likeness (QED) is 0.649. The molecule has 0 radical (unpaired) electrons. The molecule has 0 bridgehead atoms. The highest BCUT2D eigenvalue weighted by Gasteiger charge is 2.30. The maximum atomic E-state index is 13.8. The van der Waals surface area contributed by atoms with Crippen molar-refractivity contribution in [1.82, 2.24) is 10.2 Å². The van der Waals surface area contributed by atoms with Crippen molar-refractivity contribution in [3.8, 4) is 11.1 Å². The Labute approximate surface area is 141 Å². The summed E-state index contributed by atoms with van der Waals surface area (Å²) in [6.07, 6.45) is -4.45. The molecule has 1 N–H and O–H groups in total. The van der Waals surface area contributed by atoms with Crippen LogP contribution < -0.4 is 5.32 Å². The topological polar surface area (TPSA) is 37.8 Å². The first-order valence-corrected chi connectivity index (χ1v) is 7.38. The lowest BCUT2D eigenvalue weighted by molar-refractivity contribution is -0.137. The van der Waals surface area contributed by atoms with Crippen LogP contribution in [0.25, 0.3) is 11.1 Å². The van der Waals surface area contributed by atoms with E-state index in [0.29, 0.717) is 16.8 Å². The van der Waals surface area contributed by atoms with Crippen LogP contribution in [-0.2, 0) is 6.18 Å². The summed E-state index contributed by atoms with van der Waals surface area (Å²) >= 11 is 0. The molecule has 3 rings (SSSR count). The van der Waals surface area contributed by atoms with Crippen LogP contribution in [0.3, 0.4) is 0 Å². The molecule has 0 aliphatic rings. The van der Waals surface area contributed by atoms with Crippen LogP contribution in [0.5, 0.6) is 0 Å². The number of rotatable bonds is 3. The Morgan fingerprint density at radius 2 is 1.68 bits per heavy atom. The van der Waals surface area contributed by atoms with Gasteiger partial charge in [-0.2, -0.15) is 18.3 Å². The summed E-state index contributed by atoms with van der Waals surface area (Å²) in [5, 5.41) is 10.7. The fraction of sp³-hybridized carbons (Fsp3) is 0.111. The van der Waals surface area contributed by atoms with E-state index in [-0.39, 0.29) is 11.5 Å². The highest BCUT2D eigenvalue weighted by atomic mass is 19.4. The van der Waals surface area contributed by atoms with E-state index in [9.17, 15) is 17.6 Å². The van der Waals surface area contributed by atoms with Gasteiger partial charge in [0.2, 0.25) is 0 Å². The lowest BCUT2D eigenvalue weighted by Gasteiger charge is -2.13. The van der Waals surface area contributed by atoms with Gasteiger partial charge in [0.15, 0.2) is 5.82 Å². The average Bonchev–Trinajstić information content (AvgIpc) is 2.58. The lowest BCUT2D eigenvalue weighted by atomic mass is 10.0. The number of benzene rings is 2. The van der Waals surface area contributed by atoms with Crippen LogP contribution in [0.15, 0.2) is 54.6 Å². The standard InChI is InChI=1S/C18H13F4N3/c1-11-9-14(12-5-4-6-13(10-12)18(20,21)22)17(25-24-11)23-16-8-3-2-7-15(16)19/h2-10H,1H3,(H,23,25). The molecule has 3 nitrogen and oxygen atoms in total. The Morgan fingerprint density at radius 1 is 0.920 bits per heavy atom. The number of aromatic nitrogens is 2. The minimum Gasteiger partial charge on any atom is -0.336 e. The number of alkyl halides is 3. The Balaban J connectivity index is 2.08. The van der Waals surface area contributed by atoms with Crippen molar-refractivity contribution < 1.29 is 17.6 Å². The van der Waals surface area contributed by atoms with E-state index in [1.165, 1.54) is 30.3 Å². The zero-order chi connectivity index (χ0) is 18.0. The Bertz CT molecular complexity index is 907. The molecule has 0 atom stereocenters. The maximum Gasteiger partial charge on any atom is 0.416 e. The van der Waals surface area contributed by atoms with Crippen molar-refractivity contribution >= 4 is 11.5 Å². The van der Waals surface area contributed by atoms with Gasteiger partial charge in [-0.1, -0.05) is 24.3 Å². The zero-order valence-electron chi connectivity index (χ0n) is 13.1. The molecule has 128 valence electrons. The van der Waals surface area contributed by atoms with Gasteiger partial charge in [0.05, 0.1) is 16.9 Å². The molecule has 2 aromatic carbocycles. The second-order valence-electron chi connectivity index (χ2n) is 5.43. The van der Waals surface area contributed by atoms with E-state index in [0.717, 1.165) is 12.1 Å². The number of nitrogens with one attached hydrogen (secondary N) is 1. The molecular weight excluding hydrogens is 334 g/mol. The smallest absolute Gasteiger partial charge is 0.336 e. The van der Waals surface area contributed by atoms with Gasteiger partial charge in [-0.25, -0.2) is 4.39 Å². The average molecular weight is 347 g/mol. The van der Waals surface area contributed by atoms with E-state index < -0.39 is 17.6 Å². The van der Waals surface area contributed by atoms with Gasteiger partial charge in [-0.3, -0.25) is 0 Å². The summed E-state index contributed by atoms with van der Waals surface area (Å²) in [4.78, 5) is 0. The number of anilines is 2. The molecule has 1 heterocycles. The molecule has 0 fully saturated rings. The normalized spacial score (nSPS) is 11.4. The van der Waals surface area contributed by atoms with Crippen molar-refractivity contribution in [2.45, 2.75) is 13.1 Å². The van der Waals surface area contributed by atoms with E-state index in [2.05, 4.69) is 15.5 Å². The van der Waals surface area contributed by atoms with Crippen molar-refractivity contribution in [3.05, 3.63) is 71.7 Å². The predicted molar refractivity (Wildman–Crippen MR) is 86.9 cm³/mol. The Morgan fingerprint density at radius 3 is 2.40 bits per heavy atom. The summed E-state index contributed by atoms with van der Waals surface area (Å²) in [6, 6.07) is 12.4. The maximum absolute atomic E-state index is 13.8. The first-order chi connectivity index (χ1) is 11.8. The number of para-hydroxylation sites is 1. The summed E-state index contributed by atoms with van der Waals surface area (Å²) in [5.41, 5.74) is 0.644. The first kappa shape index (κ1) is 16.9. The number of halogens is 4. The Hall–Kier alpha value is -2.96. The van der Waals surface area contributed by atoms with Gasteiger partial charge in [0, 0.05) is 5.56 Å². The van der Waals surface area contributed by atoms with E-state index in [1.807, 2.05) is 0 Å². The van der Waals surface area contributed by atoms with E-state index in [4.69, 9.17) is 0 Å². The van der Waals surface area contributed by atoms with Crippen LogP contribution in [0.4, 0.5) is 29.1 Å². The molecular formula is C18H13F4N3. The lowest BCUT2D eigenvalue weighted by Crippen LogP contribution is -2.05. The molecule has 0 amide bonds. The van der Waals surface area contributed by atoms with Gasteiger partial charge < -0.3 is 5.32 Å². The molecule has 0 saturated heterocycles. The fourth-order valence-electron chi connectivity index (χ4n) is 2.35. The molecule has 0 unspecified atom stereocenters. The van der Waals surface area contributed by atoms with Gasteiger partial charge in [-0.15, -0.1) is 5.10 Å². The SMILES string of the molecule is Cc1cc(-c2cccc(C(F)(F)F)c2)c(Nc2ccccc2F)nn1. The highest BCUT2D eigenvalue weighted by molar-refractivity contribution is 5.78. The molecule has 25 heavy (non-hydrogen) atoms. The third-order valence-corrected chi connectivity index (χ3v) is 3.54. The largest absolute Gasteiger partial charge is 0.416 e. The Kier molecular flexibility index (Phi) is 4.39. The van der Waals surface area contributed by atoms with E-state index >= 15 is 0 Å². The van der Waals surface area contributed by atoms with Crippen LogP contribution in [-0.4, -0.2) is 10.2 Å². The number of hydrogen-bond donors (Lipinski definition) is 1. The molecule has 0 aliphatic carbocycles. The van der Waals surface area contributed by atoms with Gasteiger partial charge in [-0.05, 0) is 42.8 Å². The van der Waals surface area contributed by atoms with Crippen molar-refractivity contribution in [2.24, 2.45) is 0 Å². The predicted octanol–water partition coefficient (Wildman–Crippen LogP) is 5.35.